The molecule has 33 heavy (non-hydrogen) atoms. The van der Waals surface area contributed by atoms with Crippen molar-refractivity contribution < 1.29 is 28.3 Å². The fraction of sp³-hybridized carbons (Fsp3) is 0.269. The van der Waals surface area contributed by atoms with Crippen molar-refractivity contribution in [1.82, 2.24) is 5.32 Å². The van der Waals surface area contributed by atoms with Crippen LogP contribution in [0.3, 0.4) is 0 Å². The highest BCUT2D eigenvalue weighted by molar-refractivity contribution is 6.25. The molecule has 0 spiro atoms. The van der Waals surface area contributed by atoms with E-state index in [1.807, 2.05) is 0 Å². The van der Waals surface area contributed by atoms with E-state index in [0.717, 1.165) is 12.1 Å². The molecule has 172 valence electrons. The van der Waals surface area contributed by atoms with Gasteiger partial charge in [0.05, 0.1) is 5.56 Å². The van der Waals surface area contributed by atoms with Crippen LogP contribution in [-0.2, 0) is 9.59 Å². The molecule has 1 aliphatic rings. The van der Waals surface area contributed by atoms with Gasteiger partial charge in [-0.15, -0.1) is 0 Å². The number of carbonyl (C=O) groups is 3. The molecule has 0 aromatic heterocycles. The number of amides is 1. The lowest BCUT2D eigenvalue weighted by Gasteiger charge is -2.27. The minimum absolute atomic E-state index is 0.0825. The maximum atomic E-state index is 14.7. The highest BCUT2D eigenvalue weighted by atomic mass is 19.1. The van der Waals surface area contributed by atoms with Gasteiger partial charge in [-0.25, -0.2) is 8.78 Å². The Labute approximate surface area is 190 Å². The average molecular weight is 453 g/mol. The number of rotatable bonds is 7. The summed E-state index contributed by atoms with van der Waals surface area (Å²) in [5.41, 5.74) is 0.677. The number of aromatic hydroxyl groups is 1. The number of ketones is 2. The molecule has 7 heteroatoms. The second-order valence-corrected chi connectivity index (χ2v) is 8.05. The minimum Gasteiger partial charge on any atom is -0.507 e. The zero-order valence-electron chi connectivity index (χ0n) is 18.7. The molecule has 0 saturated heterocycles. The number of nitrogens with one attached hydrogen (secondary N) is 1. The number of allylic oxidation sites excluding steroid dienone is 4. The van der Waals surface area contributed by atoms with Crippen LogP contribution in [0.25, 0.3) is 0 Å². The molecular formula is C26H25F2NO4. The van der Waals surface area contributed by atoms with E-state index in [4.69, 9.17) is 0 Å². The highest BCUT2D eigenvalue weighted by Crippen LogP contribution is 2.39. The number of carbonyl (C=O) groups excluding carboxylic acids is 3. The molecule has 0 fully saturated rings. The van der Waals surface area contributed by atoms with E-state index in [-0.39, 0.29) is 58.8 Å². The van der Waals surface area contributed by atoms with Gasteiger partial charge in [0.2, 0.25) is 0 Å². The van der Waals surface area contributed by atoms with E-state index in [2.05, 4.69) is 5.32 Å². The smallest absolute Gasteiger partial charge is 0.255 e. The van der Waals surface area contributed by atoms with E-state index in [9.17, 15) is 28.3 Å². The van der Waals surface area contributed by atoms with Gasteiger partial charge in [-0.3, -0.25) is 14.4 Å². The molecular weight excluding hydrogens is 428 g/mol. The molecule has 0 bridgehead atoms. The summed E-state index contributed by atoms with van der Waals surface area (Å²) in [6.07, 6.45) is 0.398. The Hall–Kier alpha value is -3.61. The summed E-state index contributed by atoms with van der Waals surface area (Å²) >= 11 is 0. The highest BCUT2D eigenvalue weighted by Gasteiger charge is 2.35. The Morgan fingerprint density at radius 1 is 0.909 bits per heavy atom. The van der Waals surface area contributed by atoms with Crippen molar-refractivity contribution in [3.05, 3.63) is 87.5 Å². The van der Waals surface area contributed by atoms with Crippen molar-refractivity contribution in [3.8, 4) is 5.75 Å². The van der Waals surface area contributed by atoms with E-state index in [1.54, 1.807) is 19.1 Å². The van der Waals surface area contributed by atoms with Crippen molar-refractivity contribution in [2.24, 2.45) is 0 Å². The summed E-state index contributed by atoms with van der Waals surface area (Å²) < 4.78 is 29.4. The van der Waals surface area contributed by atoms with Gasteiger partial charge >= 0.3 is 0 Å². The second-order valence-electron chi connectivity index (χ2n) is 8.05. The number of hydrogen-bond acceptors (Lipinski definition) is 4. The monoisotopic (exact) mass is 453 g/mol. The molecule has 0 radical (unpaired) electrons. The summed E-state index contributed by atoms with van der Waals surface area (Å²) in [6.45, 7) is 4.73. The Balaban J connectivity index is 1.87. The fourth-order valence-electron chi connectivity index (χ4n) is 4.08. The summed E-state index contributed by atoms with van der Waals surface area (Å²) in [6, 6.07) is 9.54. The number of para-hydroxylation sites is 1. The van der Waals surface area contributed by atoms with Crippen molar-refractivity contribution in [1.29, 1.82) is 0 Å². The quantitative estimate of drug-likeness (QED) is 0.467. The van der Waals surface area contributed by atoms with Crippen LogP contribution in [0.5, 0.6) is 5.75 Å². The molecule has 1 atom stereocenters. The van der Waals surface area contributed by atoms with E-state index < -0.39 is 29.2 Å². The second kappa shape index (κ2) is 9.90. The molecule has 2 N–H and O–H groups in total. The van der Waals surface area contributed by atoms with Gasteiger partial charge in [-0.1, -0.05) is 18.2 Å². The standard InChI is InChI=1S/C26H25F2NO4/c1-14-15(2)25(32)22(16(3)24(14)31)18(23-19(27)10-6-11-20(23)28)9-7-13-29-26(33)17-8-4-5-12-21(17)30/h4-6,8,10-12,18,30H,7,9,13H2,1-3H3,(H,29,33). The van der Waals surface area contributed by atoms with Crippen LogP contribution in [0.4, 0.5) is 8.78 Å². The first-order chi connectivity index (χ1) is 15.6. The SMILES string of the molecule is CC1=C(C)C(=O)C(C(CCCNC(=O)c2ccccc2O)c2c(F)cccc2F)=C(C)C1=O. The Morgan fingerprint density at radius 3 is 2.15 bits per heavy atom. The van der Waals surface area contributed by atoms with E-state index in [0.29, 0.717) is 5.57 Å². The molecule has 0 heterocycles. The normalized spacial score (nSPS) is 15.2. The van der Waals surface area contributed by atoms with Crippen LogP contribution in [0.1, 0.15) is 55.5 Å². The van der Waals surface area contributed by atoms with Crippen molar-refractivity contribution >= 4 is 17.5 Å². The summed E-state index contributed by atoms with van der Waals surface area (Å²) in [7, 11) is 0. The average Bonchev–Trinajstić information content (AvgIpc) is 2.78. The Bertz CT molecular complexity index is 1180. The van der Waals surface area contributed by atoms with Gasteiger partial charge in [0.25, 0.3) is 5.91 Å². The zero-order valence-corrected chi connectivity index (χ0v) is 18.7. The van der Waals surface area contributed by atoms with Gasteiger partial charge in [0.15, 0.2) is 11.6 Å². The lowest BCUT2D eigenvalue weighted by atomic mass is 9.75. The predicted octanol–water partition coefficient (Wildman–Crippen LogP) is 4.77. The molecule has 3 rings (SSSR count). The topological polar surface area (TPSA) is 83.5 Å². The molecule has 5 nitrogen and oxygen atoms in total. The van der Waals surface area contributed by atoms with Crippen molar-refractivity contribution in [2.45, 2.75) is 39.5 Å². The Morgan fingerprint density at radius 2 is 1.52 bits per heavy atom. The van der Waals surface area contributed by atoms with Crippen LogP contribution in [0.2, 0.25) is 0 Å². The third-order valence-corrected chi connectivity index (χ3v) is 6.03. The largest absolute Gasteiger partial charge is 0.507 e. The molecule has 0 aliphatic heterocycles. The number of halogens is 2. The molecule has 1 unspecified atom stereocenters. The Kier molecular flexibility index (Phi) is 7.21. The fourth-order valence-corrected chi connectivity index (χ4v) is 4.08. The maximum Gasteiger partial charge on any atom is 0.255 e. The van der Waals surface area contributed by atoms with Crippen LogP contribution < -0.4 is 5.32 Å². The zero-order chi connectivity index (χ0) is 24.3. The van der Waals surface area contributed by atoms with Crippen molar-refractivity contribution in [3.63, 3.8) is 0 Å². The first kappa shape index (κ1) is 24.0. The number of phenolic OH excluding ortho intramolecular Hbond substituents is 1. The summed E-state index contributed by atoms with van der Waals surface area (Å²) in [4.78, 5) is 38.1. The molecule has 1 aliphatic carbocycles. The van der Waals surface area contributed by atoms with Crippen LogP contribution >= 0.6 is 0 Å². The van der Waals surface area contributed by atoms with E-state index >= 15 is 0 Å². The maximum absolute atomic E-state index is 14.7. The molecule has 2 aromatic rings. The third kappa shape index (κ3) is 4.77. The number of hydrogen-bond donors (Lipinski definition) is 2. The van der Waals surface area contributed by atoms with E-state index in [1.165, 1.54) is 32.0 Å². The van der Waals surface area contributed by atoms with Crippen LogP contribution in [0, 0.1) is 11.6 Å². The number of benzene rings is 2. The lowest BCUT2D eigenvalue weighted by Crippen LogP contribution is -2.27. The van der Waals surface area contributed by atoms with Gasteiger partial charge in [0, 0.05) is 40.3 Å². The lowest BCUT2D eigenvalue weighted by molar-refractivity contribution is -0.116. The molecule has 1 amide bonds. The van der Waals surface area contributed by atoms with Gasteiger partial charge in [-0.05, 0) is 57.9 Å². The van der Waals surface area contributed by atoms with Gasteiger partial charge in [-0.2, -0.15) is 0 Å². The third-order valence-electron chi connectivity index (χ3n) is 6.03. The molecule has 0 saturated carbocycles. The first-order valence-corrected chi connectivity index (χ1v) is 10.6. The van der Waals surface area contributed by atoms with Crippen molar-refractivity contribution in [2.75, 3.05) is 6.54 Å². The number of Topliss-reactive ketones (excluding diaryl/α,β-unsaturated/α-hetero) is 2. The first-order valence-electron chi connectivity index (χ1n) is 10.6. The summed E-state index contributed by atoms with van der Waals surface area (Å²) in [5, 5.41) is 12.5. The molecule has 2 aromatic carbocycles. The predicted molar refractivity (Wildman–Crippen MR) is 120 cm³/mol. The van der Waals surface area contributed by atoms with Gasteiger partial charge < -0.3 is 10.4 Å². The van der Waals surface area contributed by atoms with Crippen LogP contribution in [-0.4, -0.2) is 29.1 Å². The van der Waals surface area contributed by atoms with Crippen LogP contribution in [0.15, 0.2) is 64.8 Å². The van der Waals surface area contributed by atoms with Gasteiger partial charge in [0.1, 0.15) is 17.4 Å². The number of phenols is 1. The summed E-state index contributed by atoms with van der Waals surface area (Å²) in [5.74, 6) is -3.98. The minimum atomic E-state index is -0.993.